The van der Waals surface area contributed by atoms with Crippen molar-refractivity contribution in [2.45, 2.75) is 37.5 Å². The van der Waals surface area contributed by atoms with Crippen molar-refractivity contribution in [2.75, 3.05) is 5.75 Å². The molecule has 1 fully saturated rings. The van der Waals surface area contributed by atoms with Gasteiger partial charge in [0.1, 0.15) is 5.82 Å². The minimum atomic E-state index is -0.663. The van der Waals surface area contributed by atoms with Gasteiger partial charge in [-0.3, -0.25) is 0 Å². The van der Waals surface area contributed by atoms with Gasteiger partial charge in [0.2, 0.25) is 0 Å². The van der Waals surface area contributed by atoms with E-state index in [-0.39, 0.29) is 11.1 Å². The second kappa shape index (κ2) is 4.38. The van der Waals surface area contributed by atoms with Gasteiger partial charge < -0.3 is 5.11 Å². The summed E-state index contributed by atoms with van der Waals surface area (Å²) in [6, 6.07) is 4.79. The maximum Gasteiger partial charge on any atom is 0.123 e. The van der Waals surface area contributed by atoms with Gasteiger partial charge in [-0.05, 0) is 42.4 Å². The molecule has 0 amide bonds. The molecule has 2 unspecified atom stereocenters. The average Bonchev–Trinajstić information content (AvgIpc) is 2.53. The number of hydrogen-bond acceptors (Lipinski definition) is 2. The molecule has 2 rings (SSSR count). The van der Waals surface area contributed by atoms with E-state index in [1.54, 1.807) is 23.9 Å². The Bertz CT molecular complexity index is 394. The molecule has 1 aliphatic heterocycles. The lowest BCUT2D eigenvalue weighted by Gasteiger charge is -2.27. The molecule has 0 bridgehead atoms. The Labute approximate surface area is 100 Å². The standard InChI is InChI=1S/C13H17FOS/c1-9-3-4-12(14)7-11(9)8-13(15)5-6-16-10(13)2/h3-4,7,10,15H,5-6,8H2,1-2H3. The normalized spacial score (nSPS) is 29.6. The van der Waals surface area contributed by atoms with Crippen LogP contribution in [0.3, 0.4) is 0 Å². The van der Waals surface area contributed by atoms with Gasteiger partial charge in [0.15, 0.2) is 0 Å². The first kappa shape index (κ1) is 11.9. The van der Waals surface area contributed by atoms with E-state index >= 15 is 0 Å². The van der Waals surface area contributed by atoms with Crippen LogP contribution in [-0.4, -0.2) is 21.7 Å². The van der Waals surface area contributed by atoms with Crippen molar-refractivity contribution in [2.24, 2.45) is 0 Å². The Morgan fingerprint density at radius 1 is 1.56 bits per heavy atom. The Morgan fingerprint density at radius 2 is 2.31 bits per heavy atom. The smallest absolute Gasteiger partial charge is 0.123 e. The van der Waals surface area contributed by atoms with Crippen molar-refractivity contribution in [1.29, 1.82) is 0 Å². The molecule has 0 radical (unpaired) electrons. The average molecular weight is 240 g/mol. The lowest BCUT2D eigenvalue weighted by molar-refractivity contribution is 0.0462. The molecule has 0 saturated carbocycles. The van der Waals surface area contributed by atoms with Crippen LogP contribution in [0.1, 0.15) is 24.5 Å². The molecule has 1 saturated heterocycles. The van der Waals surface area contributed by atoms with Gasteiger partial charge in [0, 0.05) is 11.7 Å². The molecule has 1 nitrogen and oxygen atoms in total. The topological polar surface area (TPSA) is 20.2 Å². The number of hydrogen-bond donors (Lipinski definition) is 1. The molecule has 0 spiro atoms. The molecule has 1 heterocycles. The van der Waals surface area contributed by atoms with Crippen LogP contribution in [0.25, 0.3) is 0 Å². The Hall–Kier alpha value is -0.540. The van der Waals surface area contributed by atoms with Crippen LogP contribution in [-0.2, 0) is 6.42 Å². The molecule has 0 aromatic heterocycles. The van der Waals surface area contributed by atoms with Crippen molar-refractivity contribution < 1.29 is 9.50 Å². The van der Waals surface area contributed by atoms with E-state index < -0.39 is 5.60 Å². The molecule has 0 aliphatic carbocycles. The van der Waals surface area contributed by atoms with Crippen molar-refractivity contribution in [3.8, 4) is 0 Å². The van der Waals surface area contributed by atoms with E-state index in [1.165, 1.54) is 6.07 Å². The van der Waals surface area contributed by atoms with Crippen LogP contribution in [0.15, 0.2) is 18.2 Å². The fraction of sp³-hybridized carbons (Fsp3) is 0.538. The minimum Gasteiger partial charge on any atom is -0.388 e. The Morgan fingerprint density at radius 3 is 2.94 bits per heavy atom. The van der Waals surface area contributed by atoms with Crippen LogP contribution >= 0.6 is 11.8 Å². The largest absolute Gasteiger partial charge is 0.388 e. The molecular formula is C13H17FOS. The third-order valence-corrected chi connectivity index (χ3v) is 4.85. The summed E-state index contributed by atoms with van der Waals surface area (Å²) >= 11 is 1.79. The highest BCUT2D eigenvalue weighted by molar-refractivity contribution is 8.00. The molecule has 1 aromatic rings. The zero-order valence-electron chi connectivity index (χ0n) is 9.66. The maximum atomic E-state index is 13.2. The SMILES string of the molecule is Cc1ccc(F)cc1CC1(O)CCSC1C. The zero-order valence-corrected chi connectivity index (χ0v) is 10.5. The third-order valence-electron chi connectivity index (χ3n) is 3.47. The van der Waals surface area contributed by atoms with Crippen molar-refractivity contribution in [3.63, 3.8) is 0 Å². The van der Waals surface area contributed by atoms with Gasteiger partial charge in [-0.15, -0.1) is 0 Å². The second-order valence-electron chi connectivity index (χ2n) is 4.61. The van der Waals surface area contributed by atoms with E-state index in [1.807, 2.05) is 13.8 Å². The van der Waals surface area contributed by atoms with E-state index in [0.29, 0.717) is 6.42 Å². The summed E-state index contributed by atoms with van der Waals surface area (Å²) in [5.41, 5.74) is 1.32. The number of aliphatic hydroxyl groups is 1. The number of aryl methyl sites for hydroxylation is 1. The van der Waals surface area contributed by atoms with Crippen LogP contribution in [0.2, 0.25) is 0 Å². The lowest BCUT2D eigenvalue weighted by Crippen LogP contribution is -2.37. The summed E-state index contributed by atoms with van der Waals surface area (Å²) in [5.74, 6) is 0.772. The number of rotatable bonds is 2. The van der Waals surface area contributed by atoms with Gasteiger partial charge in [0.05, 0.1) is 5.60 Å². The first-order chi connectivity index (χ1) is 7.51. The summed E-state index contributed by atoms with van der Waals surface area (Å²) in [6.07, 6.45) is 1.36. The van der Waals surface area contributed by atoms with Crippen molar-refractivity contribution >= 4 is 11.8 Å². The van der Waals surface area contributed by atoms with E-state index in [2.05, 4.69) is 0 Å². The number of halogens is 1. The van der Waals surface area contributed by atoms with Crippen LogP contribution in [0.4, 0.5) is 4.39 Å². The highest BCUT2D eigenvalue weighted by Gasteiger charge is 2.39. The number of thioether (sulfide) groups is 1. The fourth-order valence-electron chi connectivity index (χ4n) is 2.16. The Kier molecular flexibility index (Phi) is 3.27. The van der Waals surface area contributed by atoms with E-state index in [0.717, 1.165) is 23.3 Å². The highest BCUT2D eigenvalue weighted by atomic mass is 32.2. The highest BCUT2D eigenvalue weighted by Crippen LogP contribution is 2.38. The fourth-order valence-corrected chi connectivity index (χ4v) is 3.50. The summed E-state index contributed by atoms with van der Waals surface area (Å²) < 4.78 is 13.2. The summed E-state index contributed by atoms with van der Waals surface area (Å²) in [6.45, 7) is 4.01. The summed E-state index contributed by atoms with van der Waals surface area (Å²) in [7, 11) is 0. The molecule has 16 heavy (non-hydrogen) atoms. The van der Waals surface area contributed by atoms with Crippen LogP contribution in [0.5, 0.6) is 0 Å². The Balaban J connectivity index is 2.23. The van der Waals surface area contributed by atoms with Gasteiger partial charge >= 0.3 is 0 Å². The van der Waals surface area contributed by atoms with Gasteiger partial charge in [0.25, 0.3) is 0 Å². The zero-order chi connectivity index (χ0) is 11.8. The first-order valence-electron chi connectivity index (χ1n) is 5.60. The predicted octanol–water partition coefficient (Wildman–Crippen LogP) is 2.93. The molecule has 3 heteroatoms. The maximum absolute atomic E-state index is 13.2. The second-order valence-corrected chi connectivity index (χ2v) is 6.06. The molecule has 1 N–H and O–H groups in total. The van der Waals surface area contributed by atoms with Gasteiger partial charge in [-0.25, -0.2) is 4.39 Å². The summed E-state index contributed by atoms with van der Waals surface area (Å²) in [5, 5.41) is 10.7. The minimum absolute atomic E-state index is 0.220. The lowest BCUT2D eigenvalue weighted by atomic mass is 9.88. The first-order valence-corrected chi connectivity index (χ1v) is 6.65. The predicted molar refractivity (Wildman–Crippen MR) is 66.3 cm³/mol. The quantitative estimate of drug-likeness (QED) is 0.857. The van der Waals surface area contributed by atoms with Gasteiger partial charge in [-0.1, -0.05) is 13.0 Å². The van der Waals surface area contributed by atoms with Gasteiger partial charge in [-0.2, -0.15) is 11.8 Å². The number of benzene rings is 1. The summed E-state index contributed by atoms with van der Waals surface area (Å²) in [4.78, 5) is 0. The van der Waals surface area contributed by atoms with E-state index in [4.69, 9.17) is 0 Å². The molecule has 88 valence electrons. The molecule has 1 aromatic carbocycles. The van der Waals surface area contributed by atoms with Crippen molar-refractivity contribution in [3.05, 3.63) is 35.1 Å². The van der Waals surface area contributed by atoms with Crippen LogP contribution < -0.4 is 0 Å². The van der Waals surface area contributed by atoms with E-state index in [9.17, 15) is 9.50 Å². The monoisotopic (exact) mass is 240 g/mol. The molecule has 2 atom stereocenters. The third kappa shape index (κ3) is 2.25. The van der Waals surface area contributed by atoms with Crippen molar-refractivity contribution in [1.82, 2.24) is 0 Å². The molecule has 1 aliphatic rings. The molecular weight excluding hydrogens is 223 g/mol. The van der Waals surface area contributed by atoms with Crippen LogP contribution in [0, 0.1) is 12.7 Å².